The van der Waals surface area contributed by atoms with Crippen molar-refractivity contribution in [2.75, 3.05) is 13.6 Å². The summed E-state index contributed by atoms with van der Waals surface area (Å²) in [6.45, 7) is 0.210. The van der Waals surface area contributed by atoms with Gasteiger partial charge in [0.15, 0.2) is 6.54 Å². The number of carboxylic acids is 1. The van der Waals surface area contributed by atoms with E-state index in [0.29, 0.717) is 16.6 Å². The van der Waals surface area contributed by atoms with Crippen molar-refractivity contribution >= 4 is 5.97 Å². The molecule has 80 valence electrons. The third kappa shape index (κ3) is 1.42. The molecule has 0 aromatic rings. The third-order valence-electron chi connectivity index (χ3n) is 4.07. The topological polar surface area (TPSA) is 57.5 Å². The highest BCUT2D eigenvalue weighted by Gasteiger charge is 2.51. The van der Waals surface area contributed by atoms with E-state index in [0.717, 1.165) is 25.7 Å². The molecule has 2 fully saturated rings. The van der Waals surface area contributed by atoms with Gasteiger partial charge in [0.05, 0.1) is 25.2 Å². The highest BCUT2D eigenvalue weighted by molar-refractivity contribution is 5.68. The van der Waals surface area contributed by atoms with Crippen LogP contribution in [0.25, 0.3) is 0 Å². The lowest BCUT2D eigenvalue weighted by Gasteiger charge is -2.44. The van der Waals surface area contributed by atoms with Crippen molar-refractivity contribution < 1.29 is 19.5 Å². The van der Waals surface area contributed by atoms with Crippen LogP contribution in [0.2, 0.25) is 0 Å². The van der Waals surface area contributed by atoms with E-state index in [1.165, 1.54) is 0 Å². The van der Waals surface area contributed by atoms with Crippen molar-refractivity contribution in [3.63, 3.8) is 0 Å². The zero-order valence-corrected chi connectivity index (χ0v) is 8.52. The van der Waals surface area contributed by atoms with E-state index in [2.05, 4.69) is 0 Å². The first-order valence-corrected chi connectivity index (χ1v) is 5.27. The highest BCUT2D eigenvalue weighted by atomic mass is 16.4. The van der Waals surface area contributed by atoms with E-state index < -0.39 is 5.97 Å². The number of carbonyl (C=O) groups is 1. The standard InChI is InChI=1S/C10H17NO3/c1-11(6-10(13)14)7-2-3-8(11)5-9(12)4-7/h7-9,12H,2-6H2,1H3/p+1/t7-,8-,9?,11?/m1/s1. The molecule has 2 heterocycles. The number of aliphatic hydroxyl groups excluding tert-OH is 1. The Morgan fingerprint density at radius 3 is 2.29 bits per heavy atom. The minimum absolute atomic E-state index is 0.201. The number of aliphatic carboxylic acids is 1. The molecular formula is C10H18NO3+. The summed E-state index contributed by atoms with van der Waals surface area (Å²) < 4.78 is 0.645. The number of piperidine rings is 1. The smallest absolute Gasteiger partial charge is 0.359 e. The summed E-state index contributed by atoms with van der Waals surface area (Å²) >= 11 is 0. The van der Waals surface area contributed by atoms with E-state index in [4.69, 9.17) is 5.11 Å². The molecule has 0 saturated carbocycles. The number of nitrogens with zero attached hydrogens (tertiary/aromatic N) is 1. The van der Waals surface area contributed by atoms with Gasteiger partial charge in [-0.3, -0.25) is 0 Å². The molecule has 0 spiro atoms. The quantitative estimate of drug-likeness (QED) is 0.626. The van der Waals surface area contributed by atoms with Crippen LogP contribution in [0.15, 0.2) is 0 Å². The summed E-state index contributed by atoms with van der Waals surface area (Å²) in [5, 5.41) is 18.5. The number of hydrogen-bond donors (Lipinski definition) is 2. The van der Waals surface area contributed by atoms with Gasteiger partial charge in [0, 0.05) is 25.7 Å². The fraction of sp³-hybridized carbons (Fsp3) is 0.900. The summed E-state index contributed by atoms with van der Waals surface area (Å²) in [4.78, 5) is 10.8. The summed E-state index contributed by atoms with van der Waals surface area (Å²) in [5.41, 5.74) is 0. The second kappa shape index (κ2) is 3.21. The molecule has 0 aromatic heterocycles. The molecule has 0 unspecified atom stereocenters. The average molecular weight is 200 g/mol. The normalized spacial score (nSPS) is 46.6. The van der Waals surface area contributed by atoms with Gasteiger partial charge in [-0.1, -0.05) is 0 Å². The summed E-state index contributed by atoms with van der Waals surface area (Å²) in [6.07, 6.45) is 3.50. The van der Waals surface area contributed by atoms with Gasteiger partial charge < -0.3 is 14.7 Å². The maximum Gasteiger partial charge on any atom is 0.359 e. The molecule has 0 radical (unpaired) electrons. The van der Waals surface area contributed by atoms with Crippen molar-refractivity contribution in [2.45, 2.75) is 43.9 Å². The second-order valence-corrected chi connectivity index (χ2v) is 4.91. The van der Waals surface area contributed by atoms with E-state index in [9.17, 15) is 9.90 Å². The fourth-order valence-electron chi connectivity index (χ4n) is 3.26. The highest BCUT2D eigenvalue weighted by Crippen LogP contribution is 2.40. The Morgan fingerprint density at radius 1 is 1.36 bits per heavy atom. The lowest BCUT2D eigenvalue weighted by molar-refractivity contribution is -0.942. The molecule has 2 aliphatic heterocycles. The van der Waals surface area contributed by atoms with Crippen molar-refractivity contribution in [1.29, 1.82) is 0 Å². The SMILES string of the molecule is C[N+]1(CC(=O)O)[C@@H]2CC[C@@H]1CC(O)C2. The van der Waals surface area contributed by atoms with E-state index >= 15 is 0 Å². The van der Waals surface area contributed by atoms with Gasteiger partial charge in [-0.15, -0.1) is 0 Å². The van der Waals surface area contributed by atoms with Crippen molar-refractivity contribution in [3.05, 3.63) is 0 Å². The lowest BCUT2D eigenvalue weighted by atomic mass is 9.97. The van der Waals surface area contributed by atoms with E-state index in [-0.39, 0.29) is 12.6 Å². The monoisotopic (exact) mass is 200 g/mol. The maximum absolute atomic E-state index is 10.8. The van der Waals surface area contributed by atoms with Gasteiger partial charge in [0.1, 0.15) is 0 Å². The second-order valence-electron chi connectivity index (χ2n) is 4.91. The van der Waals surface area contributed by atoms with Crippen LogP contribution >= 0.6 is 0 Å². The van der Waals surface area contributed by atoms with Crippen LogP contribution in [0.3, 0.4) is 0 Å². The molecule has 0 aromatic carbocycles. The first-order chi connectivity index (χ1) is 6.52. The molecule has 2 bridgehead atoms. The van der Waals surface area contributed by atoms with Crippen LogP contribution in [0.5, 0.6) is 0 Å². The Balaban J connectivity index is 2.16. The number of hydrogen-bond acceptors (Lipinski definition) is 2. The van der Waals surface area contributed by atoms with Gasteiger partial charge >= 0.3 is 5.97 Å². The van der Waals surface area contributed by atoms with Crippen molar-refractivity contribution in [1.82, 2.24) is 0 Å². The van der Waals surface area contributed by atoms with Crippen LogP contribution in [0.1, 0.15) is 25.7 Å². The predicted octanol–water partition coefficient (Wildman–Crippen LogP) is 0.203. The Labute approximate surface area is 83.7 Å². The van der Waals surface area contributed by atoms with Crippen molar-refractivity contribution in [3.8, 4) is 0 Å². The maximum atomic E-state index is 10.8. The molecule has 2 N–H and O–H groups in total. The molecule has 4 heteroatoms. The first kappa shape index (κ1) is 9.93. The molecule has 4 nitrogen and oxygen atoms in total. The van der Waals surface area contributed by atoms with E-state index in [1.54, 1.807) is 0 Å². The zero-order chi connectivity index (χ0) is 10.3. The van der Waals surface area contributed by atoms with Crippen molar-refractivity contribution in [2.24, 2.45) is 0 Å². The summed E-state index contributed by atoms with van der Waals surface area (Å²) in [5.74, 6) is -0.721. The van der Waals surface area contributed by atoms with Gasteiger partial charge in [-0.25, -0.2) is 4.79 Å². The molecule has 0 aliphatic carbocycles. The van der Waals surface area contributed by atoms with Crippen LogP contribution in [0.4, 0.5) is 0 Å². The van der Waals surface area contributed by atoms with Gasteiger partial charge in [0.25, 0.3) is 0 Å². The molecule has 14 heavy (non-hydrogen) atoms. The molecule has 0 amide bonds. The predicted molar refractivity (Wildman–Crippen MR) is 50.7 cm³/mol. The number of rotatable bonds is 2. The number of quaternary nitrogens is 1. The third-order valence-corrected chi connectivity index (χ3v) is 4.07. The molecule has 2 atom stereocenters. The van der Waals surface area contributed by atoms with Crippen LogP contribution in [0, 0.1) is 0 Å². The minimum atomic E-state index is -0.721. The Hall–Kier alpha value is -0.610. The minimum Gasteiger partial charge on any atom is -0.477 e. The Morgan fingerprint density at radius 2 is 1.86 bits per heavy atom. The fourth-order valence-corrected chi connectivity index (χ4v) is 3.26. The number of fused-ring (bicyclic) bond motifs is 2. The van der Waals surface area contributed by atoms with Gasteiger partial charge in [-0.05, 0) is 0 Å². The Kier molecular flexibility index (Phi) is 2.27. The van der Waals surface area contributed by atoms with Crippen LogP contribution in [-0.4, -0.2) is 52.4 Å². The van der Waals surface area contributed by atoms with Crippen LogP contribution in [-0.2, 0) is 4.79 Å². The molecule has 2 saturated heterocycles. The van der Waals surface area contributed by atoms with Gasteiger partial charge in [0.2, 0.25) is 0 Å². The van der Waals surface area contributed by atoms with Crippen LogP contribution < -0.4 is 0 Å². The van der Waals surface area contributed by atoms with E-state index in [1.807, 2.05) is 7.05 Å². The largest absolute Gasteiger partial charge is 0.477 e. The molecular weight excluding hydrogens is 182 g/mol. The molecule has 2 aliphatic rings. The first-order valence-electron chi connectivity index (χ1n) is 5.27. The summed E-state index contributed by atoms with van der Waals surface area (Å²) in [7, 11) is 2.03. The zero-order valence-electron chi connectivity index (χ0n) is 8.52. The average Bonchev–Trinajstić information content (AvgIpc) is 2.30. The summed E-state index contributed by atoms with van der Waals surface area (Å²) in [6, 6.07) is 0.722. The van der Waals surface area contributed by atoms with Gasteiger partial charge in [-0.2, -0.15) is 0 Å². The number of likely N-dealkylation sites (N-methyl/N-ethyl adjacent to an activating group) is 1. The number of aliphatic hydroxyl groups is 1. The molecule has 2 rings (SSSR count). The Bertz CT molecular complexity index is 240. The lowest BCUT2D eigenvalue weighted by Crippen LogP contribution is -2.60. The number of carboxylic acid groups (broad SMARTS) is 1.